The Labute approximate surface area is 112 Å². The van der Waals surface area contributed by atoms with Crippen molar-refractivity contribution < 1.29 is 18.3 Å². The van der Waals surface area contributed by atoms with Gasteiger partial charge in [-0.25, -0.2) is 13.2 Å². The number of carboxylic acid groups (broad SMARTS) is 1. The summed E-state index contributed by atoms with van der Waals surface area (Å²) in [7, 11) is -3.66. The Morgan fingerprint density at radius 1 is 1.42 bits per heavy atom. The van der Waals surface area contributed by atoms with Crippen LogP contribution < -0.4 is 0 Å². The average Bonchev–Trinajstić information content (AvgIpc) is 2.37. The summed E-state index contributed by atoms with van der Waals surface area (Å²) in [6.07, 6.45) is 0. The summed E-state index contributed by atoms with van der Waals surface area (Å²) in [6, 6.07) is 6.05. The van der Waals surface area contributed by atoms with Crippen LogP contribution in [-0.2, 0) is 15.3 Å². The van der Waals surface area contributed by atoms with Crippen molar-refractivity contribution in [2.45, 2.75) is 31.1 Å². The first kappa shape index (κ1) is 15.2. The Kier molecular flexibility index (Phi) is 4.01. The molecule has 1 aromatic carbocycles. The quantitative estimate of drug-likeness (QED) is 0.910. The number of hydrogen-bond acceptors (Lipinski definition) is 4. The molecular weight excluding hydrogens is 266 g/mol. The normalized spacial score (nSPS) is 11.9. The molecule has 0 aliphatic rings. The number of nitriles is 1. The van der Waals surface area contributed by atoms with E-state index in [1.165, 1.54) is 25.1 Å². The molecule has 0 heterocycles. The van der Waals surface area contributed by atoms with Gasteiger partial charge in [-0.1, -0.05) is 13.0 Å². The summed E-state index contributed by atoms with van der Waals surface area (Å²) in [5.74, 6) is -1.49. The maximum absolute atomic E-state index is 11.9. The second-order valence-electron chi connectivity index (χ2n) is 4.66. The van der Waals surface area contributed by atoms with Gasteiger partial charge < -0.3 is 5.11 Å². The summed E-state index contributed by atoms with van der Waals surface area (Å²) in [5, 5.41) is 18.1. The molecule has 0 saturated carbocycles. The predicted octanol–water partition coefficient (Wildman–Crippen LogP) is 1.98. The van der Waals surface area contributed by atoms with Crippen LogP contribution in [0.3, 0.4) is 0 Å². The molecule has 0 saturated heterocycles. The Balaban J connectivity index is 3.63. The zero-order chi connectivity index (χ0) is 14.8. The van der Waals surface area contributed by atoms with Gasteiger partial charge in [0, 0.05) is 0 Å². The maximum Gasteiger partial charge on any atom is 0.337 e. The highest BCUT2D eigenvalue weighted by Gasteiger charge is 2.26. The van der Waals surface area contributed by atoms with E-state index in [9.17, 15) is 13.2 Å². The number of nitrogens with zero attached hydrogens (tertiary/aromatic N) is 1. The number of aromatic carboxylic acids is 1. The molecule has 0 bridgehead atoms. The summed E-state index contributed by atoms with van der Waals surface area (Å²) in [5.41, 5.74) is -0.666. The van der Waals surface area contributed by atoms with Crippen LogP contribution in [0, 0.1) is 11.3 Å². The number of sulfone groups is 1. The second kappa shape index (κ2) is 5.02. The van der Waals surface area contributed by atoms with Crippen molar-refractivity contribution in [3.8, 4) is 6.07 Å². The van der Waals surface area contributed by atoms with Crippen LogP contribution in [0.1, 0.15) is 36.7 Å². The molecule has 5 nitrogen and oxygen atoms in total. The van der Waals surface area contributed by atoms with Gasteiger partial charge in [0.15, 0.2) is 9.84 Å². The van der Waals surface area contributed by atoms with Gasteiger partial charge >= 0.3 is 5.97 Å². The van der Waals surface area contributed by atoms with E-state index in [0.29, 0.717) is 5.56 Å². The van der Waals surface area contributed by atoms with Gasteiger partial charge in [0.1, 0.15) is 0 Å². The fraction of sp³-hybridized carbons (Fsp3) is 0.385. The maximum atomic E-state index is 11.9. The van der Waals surface area contributed by atoms with Crippen LogP contribution >= 0.6 is 0 Å². The zero-order valence-electron chi connectivity index (χ0n) is 11.0. The van der Waals surface area contributed by atoms with Crippen LogP contribution in [0.5, 0.6) is 0 Å². The number of carboxylic acids is 1. The molecule has 0 radical (unpaired) electrons. The monoisotopic (exact) mass is 281 g/mol. The molecule has 0 atom stereocenters. The van der Waals surface area contributed by atoms with Gasteiger partial charge in [-0.3, -0.25) is 0 Å². The van der Waals surface area contributed by atoms with Gasteiger partial charge in [0.05, 0.1) is 27.7 Å². The highest BCUT2D eigenvalue weighted by Crippen LogP contribution is 2.27. The van der Waals surface area contributed by atoms with E-state index in [4.69, 9.17) is 10.4 Å². The van der Waals surface area contributed by atoms with E-state index in [1.807, 2.05) is 0 Å². The molecule has 1 aromatic rings. The zero-order valence-corrected chi connectivity index (χ0v) is 11.8. The molecule has 102 valence electrons. The smallest absolute Gasteiger partial charge is 0.337 e. The third-order valence-corrected chi connectivity index (χ3v) is 4.70. The minimum absolute atomic E-state index is 0.191. The second-order valence-corrected chi connectivity index (χ2v) is 6.90. The molecular formula is C13H15NO4S. The largest absolute Gasteiger partial charge is 0.478 e. The van der Waals surface area contributed by atoms with Crippen molar-refractivity contribution in [1.29, 1.82) is 5.26 Å². The highest BCUT2D eigenvalue weighted by atomic mass is 32.2. The van der Waals surface area contributed by atoms with E-state index in [0.717, 1.165) is 0 Å². The Morgan fingerprint density at radius 3 is 2.42 bits per heavy atom. The van der Waals surface area contributed by atoms with E-state index in [1.54, 1.807) is 13.8 Å². The summed E-state index contributed by atoms with van der Waals surface area (Å²) >= 11 is 0. The van der Waals surface area contributed by atoms with Crippen LogP contribution in [0.4, 0.5) is 0 Å². The summed E-state index contributed by atoms with van der Waals surface area (Å²) < 4.78 is 23.9. The third-order valence-electron chi connectivity index (χ3n) is 2.93. The first-order valence-electron chi connectivity index (χ1n) is 5.67. The number of benzene rings is 1. The summed E-state index contributed by atoms with van der Waals surface area (Å²) in [4.78, 5) is 10.9. The first-order chi connectivity index (χ1) is 8.65. The van der Waals surface area contributed by atoms with Gasteiger partial charge in [-0.2, -0.15) is 5.26 Å². The molecule has 6 heteroatoms. The topological polar surface area (TPSA) is 95.2 Å². The molecule has 0 unspecified atom stereocenters. The van der Waals surface area contributed by atoms with Gasteiger partial charge in [-0.15, -0.1) is 0 Å². The molecule has 0 aliphatic carbocycles. The van der Waals surface area contributed by atoms with Crippen molar-refractivity contribution in [2.24, 2.45) is 0 Å². The van der Waals surface area contributed by atoms with Gasteiger partial charge in [0.2, 0.25) is 0 Å². The molecule has 0 aliphatic heterocycles. The Morgan fingerprint density at radius 2 is 2.00 bits per heavy atom. The Hall–Kier alpha value is -1.87. The summed E-state index contributed by atoms with van der Waals surface area (Å²) in [6.45, 7) is 4.74. The van der Waals surface area contributed by atoms with Crippen LogP contribution in [-0.4, -0.2) is 25.2 Å². The highest BCUT2D eigenvalue weighted by molar-refractivity contribution is 7.91. The van der Waals surface area contributed by atoms with Crippen molar-refractivity contribution in [3.63, 3.8) is 0 Å². The minimum Gasteiger partial charge on any atom is -0.478 e. The lowest BCUT2D eigenvalue weighted by Crippen LogP contribution is -2.17. The van der Waals surface area contributed by atoms with Crippen LogP contribution in [0.25, 0.3) is 0 Å². The molecule has 0 fully saturated rings. The molecule has 0 spiro atoms. The molecule has 19 heavy (non-hydrogen) atoms. The number of hydrogen-bond donors (Lipinski definition) is 1. The first-order valence-corrected chi connectivity index (χ1v) is 7.32. The minimum atomic E-state index is -3.66. The fourth-order valence-corrected chi connectivity index (χ4v) is 2.67. The lowest BCUT2D eigenvalue weighted by Gasteiger charge is -2.17. The lowest BCUT2D eigenvalue weighted by atomic mass is 9.86. The van der Waals surface area contributed by atoms with E-state index in [-0.39, 0.29) is 16.2 Å². The van der Waals surface area contributed by atoms with Crippen molar-refractivity contribution in [2.75, 3.05) is 5.75 Å². The van der Waals surface area contributed by atoms with E-state index >= 15 is 0 Å². The van der Waals surface area contributed by atoms with E-state index < -0.39 is 21.2 Å². The molecule has 0 aromatic heterocycles. The lowest BCUT2D eigenvalue weighted by molar-refractivity contribution is 0.0692. The SMILES string of the molecule is CCS(=O)(=O)c1cc(C(C)(C)C#N)ccc1C(=O)O. The fourth-order valence-electron chi connectivity index (χ4n) is 1.57. The standard InChI is InChI=1S/C13H15NO4S/c1-4-19(17,18)11-7-9(13(2,3)8-14)5-6-10(11)12(15)16/h5-7H,4H2,1-3H3,(H,15,16). The van der Waals surface area contributed by atoms with Gasteiger partial charge in [0.25, 0.3) is 0 Å². The van der Waals surface area contributed by atoms with Gasteiger partial charge in [-0.05, 0) is 31.5 Å². The van der Waals surface area contributed by atoms with Crippen LogP contribution in [0.15, 0.2) is 23.1 Å². The third kappa shape index (κ3) is 2.93. The van der Waals surface area contributed by atoms with Crippen molar-refractivity contribution in [3.05, 3.63) is 29.3 Å². The molecule has 1 rings (SSSR count). The number of rotatable bonds is 4. The van der Waals surface area contributed by atoms with E-state index in [2.05, 4.69) is 6.07 Å². The van der Waals surface area contributed by atoms with Crippen molar-refractivity contribution >= 4 is 15.8 Å². The van der Waals surface area contributed by atoms with Crippen molar-refractivity contribution in [1.82, 2.24) is 0 Å². The molecule has 0 amide bonds. The molecule has 1 N–H and O–H groups in total. The van der Waals surface area contributed by atoms with Crippen LogP contribution in [0.2, 0.25) is 0 Å². The predicted molar refractivity (Wildman–Crippen MR) is 69.8 cm³/mol. The Bertz CT molecular complexity index is 654. The average molecular weight is 281 g/mol. The number of carbonyl (C=O) groups is 1.